The number of benzene rings is 1. The molecule has 0 atom stereocenters. The van der Waals surface area contributed by atoms with Crippen LogP contribution in [0, 0.1) is 6.92 Å². The van der Waals surface area contributed by atoms with Gasteiger partial charge in [0.2, 0.25) is 10.0 Å². The highest BCUT2D eigenvalue weighted by atomic mass is 35.5. The van der Waals surface area contributed by atoms with E-state index in [1.165, 1.54) is 10.9 Å². The van der Waals surface area contributed by atoms with Gasteiger partial charge in [-0.05, 0) is 19.1 Å². The third-order valence-electron chi connectivity index (χ3n) is 2.35. The molecule has 0 unspecified atom stereocenters. The van der Waals surface area contributed by atoms with Crippen LogP contribution in [0.25, 0.3) is 5.69 Å². The van der Waals surface area contributed by atoms with Gasteiger partial charge in [0, 0.05) is 0 Å². The highest BCUT2D eigenvalue weighted by Gasteiger charge is 2.17. The number of halogens is 1. The summed E-state index contributed by atoms with van der Waals surface area (Å²) in [6, 6.07) is 7.02. The molecular formula is C10H10ClN3O2S. The average Bonchev–Trinajstić information content (AvgIpc) is 2.60. The Morgan fingerprint density at radius 3 is 2.53 bits per heavy atom. The van der Waals surface area contributed by atoms with E-state index in [1.807, 2.05) is 0 Å². The van der Waals surface area contributed by atoms with E-state index < -0.39 is 10.0 Å². The number of para-hydroxylation sites is 1. The van der Waals surface area contributed by atoms with Gasteiger partial charge in [-0.1, -0.05) is 23.7 Å². The Hall–Kier alpha value is -1.37. The number of primary sulfonamides is 1. The third kappa shape index (κ3) is 2.19. The molecule has 0 aliphatic carbocycles. The molecule has 0 aliphatic rings. The summed E-state index contributed by atoms with van der Waals surface area (Å²) in [5.41, 5.74) is 1.04. The molecule has 0 aliphatic heterocycles. The van der Waals surface area contributed by atoms with Gasteiger partial charge in [-0.2, -0.15) is 5.10 Å². The largest absolute Gasteiger partial charge is 0.241 e. The summed E-state index contributed by atoms with van der Waals surface area (Å²) in [4.78, 5) is -0.00239. The first-order valence-electron chi connectivity index (χ1n) is 4.73. The number of aromatic nitrogens is 2. The molecule has 0 amide bonds. The highest BCUT2D eigenvalue weighted by Crippen LogP contribution is 2.23. The molecule has 2 aromatic rings. The second-order valence-electron chi connectivity index (χ2n) is 3.50. The van der Waals surface area contributed by atoms with Crippen LogP contribution in [-0.4, -0.2) is 18.2 Å². The number of nitrogens with zero attached hydrogens (tertiary/aromatic N) is 2. The quantitative estimate of drug-likeness (QED) is 0.899. The SMILES string of the molecule is Cc1c(S(N)(=O)=O)cnn1-c1ccccc1Cl. The second kappa shape index (κ2) is 4.14. The Kier molecular flexibility index (Phi) is 2.94. The Morgan fingerprint density at radius 2 is 2.00 bits per heavy atom. The average molecular weight is 272 g/mol. The standard InChI is InChI=1S/C10H10ClN3O2S/c1-7-10(17(12,15)16)6-13-14(7)9-5-3-2-4-8(9)11/h2-6H,1H3,(H2,12,15,16). The van der Waals surface area contributed by atoms with Gasteiger partial charge < -0.3 is 0 Å². The van der Waals surface area contributed by atoms with Crippen molar-refractivity contribution in [1.29, 1.82) is 0 Å². The van der Waals surface area contributed by atoms with Crippen LogP contribution in [-0.2, 0) is 10.0 Å². The van der Waals surface area contributed by atoms with Crippen molar-refractivity contribution in [2.24, 2.45) is 5.14 Å². The monoisotopic (exact) mass is 271 g/mol. The Bertz CT molecular complexity index is 664. The van der Waals surface area contributed by atoms with Crippen molar-refractivity contribution in [2.75, 3.05) is 0 Å². The van der Waals surface area contributed by atoms with Gasteiger partial charge in [0.1, 0.15) is 4.90 Å². The molecule has 7 heteroatoms. The first kappa shape index (κ1) is 12.1. The van der Waals surface area contributed by atoms with Crippen molar-refractivity contribution >= 4 is 21.6 Å². The van der Waals surface area contributed by atoms with E-state index >= 15 is 0 Å². The zero-order chi connectivity index (χ0) is 12.6. The summed E-state index contributed by atoms with van der Waals surface area (Å²) >= 11 is 6.01. The maximum absolute atomic E-state index is 11.3. The summed E-state index contributed by atoms with van der Waals surface area (Å²) in [5.74, 6) is 0. The van der Waals surface area contributed by atoms with E-state index in [1.54, 1.807) is 31.2 Å². The van der Waals surface area contributed by atoms with Gasteiger partial charge in [-0.25, -0.2) is 18.2 Å². The number of sulfonamides is 1. The summed E-state index contributed by atoms with van der Waals surface area (Å²) in [6.07, 6.45) is 1.22. The maximum atomic E-state index is 11.3. The first-order chi connectivity index (χ1) is 7.91. The molecule has 1 aromatic heterocycles. The predicted molar refractivity (Wildman–Crippen MR) is 64.7 cm³/mol. The topological polar surface area (TPSA) is 78.0 Å². The molecule has 0 fully saturated rings. The molecule has 0 radical (unpaired) electrons. The maximum Gasteiger partial charge on any atom is 0.241 e. The van der Waals surface area contributed by atoms with Crippen molar-refractivity contribution in [3.63, 3.8) is 0 Å². The van der Waals surface area contributed by atoms with E-state index in [9.17, 15) is 8.42 Å². The molecule has 17 heavy (non-hydrogen) atoms. The zero-order valence-corrected chi connectivity index (χ0v) is 10.5. The molecule has 0 bridgehead atoms. The fourth-order valence-corrected chi connectivity index (χ4v) is 2.45. The minimum absolute atomic E-state index is 0.00239. The third-order valence-corrected chi connectivity index (χ3v) is 3.69. The lowest BCUT2D eigenvalue weighted by molar-refractivity contribution is 0.597. The number of rotatable bonds is 2. The minimum atomic E-state index is -3.76. The number of hydrogen-bond donors (Lipinski definition) is 1. The van der Waals surface area contributed by atoms with Gasteiger partial charge in [0.15, 0.2) is 0 Å². The van der Waals surface area contributed by atoms with Crippen LogP contribution in [0.15, 0.2) is 35.4 Å². The molecule has 0 saturated carbocycles. The van der Waals surface area contributed by atoms with E-state index in [4.69, 9.17) is 16.7 Å². The number of nitrogens with two attached hydrogens (primary N) is 1. The highest BCUT2D eigenvalue weighted by molar-refractivity contribution is 7.89. The number of hydrogen-bond acceptors (Lipinski definition) is 3. The van der Waals surface area contributed by atoms with Gasteiger partial charge in [0.25, 0.3) is 0 Å². The molecule has 2 N–H and O–H groups in total. The van der Waals surface area contributed by atoms with Crippen molar-refractivity contribution in [3.05, 3.63) is 41.2 Å². The normalized spacial score (nSPS) is 11.7. The molecule has 0 spiro atoms. The molecule has 2 rings (SSSR count). The molecular weight excluding hydrogens is 262 g/mol. The van der Waals surface area contributed by atoms with Crippen LogP contribution in [0.5, 0.6) is 0 Å². The van der Waals surface area contributed by atoms with Crippen LogP contribution < -0.4 is 5.14 Å². The molecule has 5 nitrogen and oxygen atoms in total. The van der Waals surface area contributed by atoms with Gasteiger partial charge in [-0.3, -0.25) is 0 Å². The van der Waals surface area contributed by atoms with Crippen molar-refractivity contribution in [2.45, 2.75) is 11.8 Å². The smallest absolute Gasteiger partial charge is 0.235 e. The second-order valence-corrected chi connectivity index (χ2v) is 5.44. The summed E-state index contributed by atoms with van der Waals surface area (Å²) < 4.78 is 24.0. The van der Waals surface area contributed by atoms with E-state index in [0.717, 1.165) is 0 Å². The molecule has 90 valence electrons. The van der Waals surface area contributed by atoms with Gasteiger partial charge in [-0.15, -0.1) is 0 Å². The van der Waals surface area contributed by atoms with Crippen molar-refractivity contribution < 1.29 is 8.42 Å². The van der Waals surface area contributed by atoms with Crippen LogP contribution >= 0.6 is 11.6 Å². The molecule has 0 saturated heterocycles. The van der Waals surface area contributed by atoms with Crippen LogP contribution in [0.2, 0.25) is 5.02 Å². The van der Waals surface area contributed by atoms with E-state index in [0.29, 0.717) is 16.4 Å². The minimum Gasteiger partial charge on any atom is -0.235 e. The Labute approximate surface area is 104 Å². The van der Waals surface area contributed by atoms with Crippen LogP contribution in [0.3, 0.4) is 0 Å². The van der Waals surface area contributed by atoms with E-state index in [2.05, 4.69) is 5.10 Å². The summed E-state index contributed by atoms with van der Waals surface area (Å²) in [6.45, 7) is 1.62. The fraction of sp³-hybridized carbons (Fsp3) is 0.100. The Morgan fingerprint density at radius 1 is 1.35 bits per heavy atom. The predicted octanol–water partition coefficient (Wildman–Crippen LogP) is 1.48. The fourth-order valence-electron chi connectivity index (χ4n) is 1.54. The lowest BCUT2D eigenvalue weighted by atomic mass is 10.3. The van der Waals surface area contributed by atoms with Gasteiger partial charge >= 0.3 is 0 Å². The van der Waals surface area contributed by atoms with Crippen LogP contribution in [0.1, 0.15) is 5.69 Å². The van der Waals surface area contributed by atoms with Crippen LogP contribution in [0.4, 0.5) is 0 Å². The summed E-state index contributed by atoms with van der Waals surface area (Å²) in [5, 5.41) is 9.55. The molecule has 1 aromatic carbocycles. The first-order valence-corrected chi connectivity index (χ1v) is 6.66. The van der Waals surface area contributed by atoms with Gasteiger partial charge in [0.05, 0.1) is 22.6 Å². The zero-order valence-electron chi connectivity index (χ0n) is 8.96. The molecule has 1 heterocycles. The lowest BCUT2D eigenvalue weighted by Crippen LogP contribution is -2.13. The van der Waals surface area contributed by atoms with E-state index in [-0.39, 0.29) is 4.90 Å². The lowest BCUT2D eigenvalue weighted by Gasteiger charge is -2.06. The van der Waals surface area contributed by atoms with Crippen molar-refractivity contribution in [3.8, 4) is 5.69 Å². The Balaban J connectivity index is 2.64. The van der Waals surface area contributed by atoms with Crippen molar-refractivity contribution in [1.82, 2.24) is 9.78 Å². The summed E-state index contributed by atoms with van der Waals surface area (Å²) in [7, 11) is -3.76.